The van der Waals surface area contributed by atoms with Gasteiger partial charge in [0.2, 0.25) is 0 Å². The quantitative estimate of drug-likeness (QED) is 0.523. The van der Waals surface area contributed by atoms with Gasteiger partial charge in [-0.05, 0) is 39.9 Å². The first-order chi connectivity index (χ1) is 8.20. The highest BCUT2D eigenvalue weighted by molar-refractivity contribution is 5.01. The van der Waals surface area contributed by atoms with E-state index >= 15 is 0 Å². The summed E-state index contributed by atoms with van der Waals surface area (Å²) in [4.78, 5) is 0. The van der Waals surface area contributed by atoms with Gasteiger partial charge in [0, 0.05) is 0 Å². The van der Waals surface area contributed by atoms with Gasteiger partial charge < -0.3 is 0 Å². The van der Waals surface area contributed by atoms with E-state index in [2.05, 4.69) is 83.1 Å². The van der Waals surface area contributed by atoms with Crippen molar-refractivity contribution in [3.63, 3.8) is 0 Å². The van der Waals surface area contributed by atoms with Crippen molar-refractivity contribution in [1.29, 1.82) is 0 Å². The molecule has 0 N–H and O–H groups in total. The van der Waals surface area contributed by atoms with Crippen LogP contribution in [0.25, 0.3) is 0 Å². The second-order valence-electron chi connectivity index (χ2n) is 9.39. The first-order valence-electron chi connectivity index (χ1n) is 8.20. The van der Waals surface area contributed by atoms with Gasteiger partial charge in [-0.25, -0.2) is 0 Å². The molecule has 0 nitrogen and oxygen atoms in total. The first kappa shape index (κ1) is 19.0. The molecule has 0 spiro atoms. The van der Waals surface area contributed by atoms with Crippen LogP contribution in [0.2, 0.25) is 0 Å². The third-order valence-electron chi connectivity index (χ3n) is 6.42. The van der Waals surface area contributed by atoms with E-state index in [1.807, 2.05) is 0 Å². The third-order valence-corrected chi connectivity index (χ3v) is 6.42. The lowest BCUT2D eigenvalue weighted by Gasteiger charge is -2.59. The molecule has 0 rings (SSSR count). The highest BCUT2D eigenvalue weighted by Gasteiger charge is 2.53. The Kier molecular flexibility index (Phi) is 5.78. The molecule has 0 fully saturated rings. The van der Waals surface area contributed by atoms with Crippen molar-refractivity contribution in [1.82, 2.24) is 0 Å². The molecule has 0 aromatic carbocycles. The zero-order valence-corrected chi connectivity index (χ0v) is 15.8. The summed E-state index contributed by atoms with van der Waals surface area (Å²) in [5.41, 5.74) is 1.03. The molecule has 0 bridgehead atoms. The van der Waals surface area contributed by atoms with Crippen LogP contribution in [0.5, 0.6) is 0 Å². The topological polar surface area (TPSA) is 0 Å². The summed E-state index contributed by atoms with van der Waals surface area (Å²) in [6.45, 7) is 29.2. The summed E-state index contributed by atoms with van der Waals surface area (Å²) >= 11 is 0. The first-order valence-corrected chi connectivity index (χ1v) is 8.20. The van der Waals surface area contributed by atoms with Crippen LogP contribution in [-0.2, 0) is 0 Å². The highest BCUT2D eigenvalue weighted by atomic mass is 14.6. The van der Waals surface area contributed by atoms with Gasteiger partial charge in [0.15, 0.2) is 0 Å². The maximum Gasteiger partial charge on any atom is -0.0218 e. The lowest BCUT2D eigenvalue weighted by molar-refractivity contribution is -0.104. The van der Waals surface area contributed by atoms with Gasteiger partial charge >= 0.3 is 0 Å². The second-order valence-corrected chi connectivity index (χ2v) is 9.39. The van der Waals surface area contributed by atoms with Crippen molar-refractivity contribution in [3.05, 3.63) is 0 Å². The Morgan fingerprint density at radius 2 is 0.947 bits per heavy atom. The van der Waals surface area contributed by atoms with Gasteiger partial charge in [0.25, 0.3) is 0 Å². The minimum absolute atomic E-state index is 0.322. The molecule has 0 aromatic heterocycles. The monoisotopic (exact) mass is 268 g/mol. The van der Waals surface area contributed by atoms with Crippen LogP contribution in [0, 0.1) is 39.9 Å². The molecular formula is C19H40. The van der Waals surface area contributed by atoms with E-state index < -0.39 is 0 Å². The molecule has 0 aliphatic rings. The van der Waals surface area contributed by atoms with Gasteiger partial charge in [0.05, 0.1) is 0 Å². The minimum Gasteiger partial charge on any atom is -0.0625 e. The van der Waals surface area contributed by atoms with Crippen LogP contribution in [0.4, 0.5) is 0 Å². The van der Waals surface area contributed by atoms with Crippen molar-refractivity contribution >= 4 is 0 Å². The van der Waals surface area contributed by atoms with E-state index in [1.54, 1.807) is 0 Å². The summed E-state index contributed by atoms with van der Waals surface area (Å²) < 4.78 is 0. The van der Waals surface area contributed by atoms with Gasteiger partial charge in [-0.1, -0.05) is 83.1 Å². The minimum atomic E-state index is 0.322. The summed E-state index contributed by atoms with van der Waals surface area (Å²) in [6.07, 6.45) is 0. The van der Waals surface area contributed by atoms with E-state index in [4.69, 9.17) is 0 Å². The number of rotatable bonds is 5. The van der Waals surface area contributed by atoms with Crippen LogP contribution < -0.4 is 0 Å². The summed E-state index contributed by atoms with van der Waals surface area (Å²) in [6, 6.07) is 0. The van der Waals surface area contributed by atoms with E-state index in [9.17, 15) is 0 Å². The molecule has 2 atom stereocenters. The number of hydrogen-bond acceptors (Lipinski definition) is 0. The van der Waals surface area contributed by atoms with Crippen molar-refractivity contribution in [2.45, 2.75) is 83.1 Å². The molecule has 2 unspecified atom stereocenters. The lowest BCUT2D eigenvalue weighted by Crippen LogP contribution is -2.52. The fourth-order valence-corrected chi connectivity index (χ4v) is 4.38. The maximum atomic E-state index is 2.53. The average molecular weight is 269 g/mol. The molecule has 0 amide bonds. The average Bonchev–Trinajstić information content (AvgIpc) is 2.13. The largest absolute Gasteiger partial charge is 0.0625 e. The van der Waals surface area contributed by atoms with Crippen LogP contribution >= 0.6 is 0 Å². The predicted molar refractivity (Wildman–Crippen MR) is 89.3 cm³/mol. The molecule has 0 heterocycles. The normalized spacial score (nSPS) is 19.1. The van der Waals surface area contributed by atoms with Crippen LogP contribution in [0.15, 0.2) is 0 Å². The summed E-state index contributed by atoms with van der Waals surface area (Å²) in [5, 5.41) is 0. The van der Waals surface area contributed by atoms with Crippen molar-refractivity contribution < 1.29 is 0 Å². The third kappa shape index (κ3) is 3.37. The molecule has 116 valence electrons. The van der Waals surface area contributed by atoms with E-state index in [1.165, 1.54) is 0 Å². The fraction of sp³-hybridized carbons (Fsp3) is 1.00. The van der Waals surface area contributed by atoms with Gasteiger partial charge in [-0.2, -0.15) is 0 Å². The van der Waals surface area contributed by atoms with Crippen molar-refractivity contribution in [2.75, 3.05) is 0 Å². The molecule has 0 radical (unpaired) electrons. The Hall–Kier alpha value is 0. The fourth-order valence-electron chi connectivity index (χ4n) is 4.38. The molecule has 0 aliphatic carbocycles. The smallest absolute Gasteiger partial charge is 0.0218 e. The Labute approximate surface area is 123 Å². The summed E-state index contributed by atoms with van der Waals surface area (Å²) in [7, 11) is 0. The highest BCUT2D eigenvalue weighted by Crippen LogP contribution is 2.59. The second kappa shape index (κ2) is 5.78. The van der Waals surface area contributed by atoms with Crippen LogP contribution in [0.1, 0.15) is 83.1 Å². The van der Waals surface area contributed by atoms with E-state index in [-0.39, 0.29) is 0 Å². The Morgan fingerprint density at radius 1 is 0.579 bits per heavy atom. The molecule has 0 aliphatic heterocycles. The molecule has 0 saturated carbocycles. The number of hydrogen-bond donors (Lipinski definition) is 0. The van der Waals surface area contributed by atoms with E-state index in [0.717, 1.165) is 5.92 Å². The van der Waals surface area contributed by atoms with Crippen molar-refractivity contribution in [2.24, 2.45) is 39.9 Å². The van der Waals surface area contributed by atoms with E-state index in [0.29, 0.717) is 34.0 Å². The Balaban J connectivity index is 5.99. The molecule has 0 heteroatoms. The van der Waals surface area contributed by atoms with Crippen LogP contribution in [0.3, 0.4) is 0 Å². The predicted octanol–water partition coefficient (Wildman–Crippen LogP) is 6.65. The molecular weight excluding hydrogens is 228 g/mol. The van der Waals surface area contributed by atoms with Gasteiger partial charge in [-0.15, -0.1) is 0 Å². The maximum absolute atomic E-state index is 2.53. The SMILES string of the molecule is CC(C)C(C(C)(C)C(C)C)C(C)(C(C)C)C(C)(C)C. The van der Waals surface area contributed by atoms with Gasteiger partial charge in [-0.3, -0.25) is 0 Å². The molecule has 0 saturated heterocycles. The van der Waals surface area contributed by atoms with Gasteiger partial charge in [0.1, 0.15) is 0 Å². The Bertz CT molecular complexity index is 275. The molecule has 0 aromatic rings. The van der Waals surface area contributed by atoms with Crippen LogP contribution in [-0.4, -0.2) is 0 Å². The Morgan fingerprint density at radius 3 is 1.11 bits per heavy atom. The standard InChI is InChI=1S/C19H40/c1-13(2)16(18(10,11)14(3)4)19(12,15(5)6)17(7,8)9/h13-16H,1-12H3. The van der Waals surface area contributed by atoms with Crippen molar-refractivity contribution in [3.8, 4) is 0 Å². The zero-order chi connectivity index (χ0) is 15.8. The zero-order valence-electron chi connectivity index (χ0n) is 15.8. The summed E-state index contributed by atoms with van der Waals surface area (Å²) in [5.74, 6) is 2.84. The lowest BCUT2D eigenvalue weighted by atomic mass is 9.46. The molecule has 19 heavy (non-hydrogen) atoms.